The second-order valence-corrected chi connectivity index (χ2v) is 6.06. The van der Waals surface area contributed by atoms with Gasteiger partial charge in [0.2, 0.25) is 0 Å². The van der Waals surface area contributed by atoms with Crippen LogP contribution in [0.3, 0.4) is 0 Å². The van der Waals surface area contributed by atoms with Gasteiger partial charge in [0.05, 0.1) is 5.56 Å². The van der Waals surface area contributed by atoms with E-state index in [0.29, 0.717) is 5.56 Å². The van der Waals surface area contributed by atoms with Crippen LogP contribution in [0.1, 0.15) is 29.6 Å². The van der Waals surface area contributed by atoms with Crippen LogP contribution in [0.4, 0.5) is 5.82 Å². The molecule has 1 aromatic rings. The molecule has 0 bridgehead atoms. The summed E-state index contributed by atoms with van der Waals surface area (Å²) in [5.41, 5.74) is 0.619. The summed E-state index contributed by atoms with van der Waals surface area (Å²) >= 11 is 0. The summed E-state index contributed by atoms with van der Waals surface area (Å²) in [7, 11) is 1.64. The van der Waals surface area contributed by atoms with E-state index >= 15 is 0 Å². The van der Waals surface area contributed by atoms with Gasteiger partial charge in [0, 0.05) is 26.3 Å². The van der Waals surface area contributed by atoms with Crippen LogP contribution in [-0.4, -0.2) is 44.1 Å². The van der Waals surface area contributed by atoms with E-state index in [1.54, 1.807) is 13.2 Å². The summed E-state index contributed by atoms with van der Waals surface area (Å²) in [4.78, 5) is 18.3. The first-order chi connectivity index (χ1) is 10.3. The zero-order valence-corrected chi connectivity index (χ0v) is 12.6. The molecule has 0 saturated carbocycles. The molecule has 2 aliphatic rings. The topological polar surface area (TPSA) is 57.3 Å². The largest absolute Gasteiger partial charge is 0.357 e. The Kier molecular flexibility index (Phi) is 4.39. The summed E-state index contributed by atoms with van der Waals surface area (Å²) in [5, 5.41) is 6.09. The Balaban J connectivity index is 1.57. The third-order valence-corrected chi connectivity index (χ3v) is 4.87. The monoisotopic (exact) mass is 288 g/mol. The average molecular weight is 288 g/mol. The van der Waals surface area contributed by atoms with Crippen LogP contribution in [0.5, 0.6) is 0 Å². The van der Waals surface area contributed by atoms with Crippen LogP contribution >= 0.6 is 0 Å². The van der Waals surface area contributed by atoms with Crippen molar-refractivity contribution in [1.82, 2.24) is 15.6 Å². The smallest absolute Gasteiger partial charge is 0.252 e. The molecule has 5 heteroatoms. The highest BCUT2D eigenvalue weighted by atomic mass is 16.1. The van der Waals surface area contributed by atoms with Crippen molar-refractivity contribution >= 4 is 11.7 Å². The maximum atomic E-state index is 11.5. The second kappa shape index (κ2) is 6.43. The van der Waals surface area contributed by atoms with Gasteiger partial charge in [-0.3, -0.25) is 4.79 Å². The summed E-state index contributed by atoms with van der Waals surface area (Å²) < 4.78 is 0. The number of aromatic nitrogens is 1. The van der Waals surface area contributed by atoms with Crippen LogP contribution in [0.2, 0.25) is 0 Å². The van der Waals surface area contributed by atoms with Crippen LogP contribution in [0, 0.1) is 11.8 Å². The Labute approximate surface area is 126 Å². The number of anilines is 1. The molecule has 1 unspecified atom stereocenters. The van der Waals surface area contributed by atoms with E-state index in [4.69, 9.17) is 0 Å². The standard InChI is InChI=1S/C16H24N4O/c1-17-16(21)14-2-3-15(19-11-14)20-8-5-12(6-9-20)13-4-7-18-10-13/h2-3,11-13,18H,4-10H2,1H3,(H,17,21). The molecule has 2 fully saturated rings. The lowest BCUT2D eigenvalue weighted by atomic mass is 9.84. The predicted octanol–water partition coefficient (Wildman–Crippen LogP) is 1.27. The zero-order valence-electron chi connectivity index (χ0n) is 12.6. The second-order valence-electron chi connectivity index (χ2n) is 6.06. The van der Waals surface area contributed by atoms with E-state index < -0.39 is 0 Å². The highest BCUT2D eigenvalue weighted by Gasteiger charge is 2.28. The van der Waals surface area contributed by atoms with Gasteiger partial charge in [0.15, 0.2) is 0 Å². The Morgan fingerprint density at radius 1 is 1.29 bits per heavy atom. The summed E-state index contributed by atoms with van der Waals surface area (Å²) in [6.45, 7) is 4.54. The molecule has 3 rings (SSSR count). The Morgan fingerprint density at radius 3 is 2.67 bits per heavy atom. The molecule has 0 radical (unpaired) electrons. The number of hydrogen-bond donors (Lipinski definition) is 2. The maximum Gasteiger partial charge on any atom is 0.252 e. The number of carbonyl (C=O) groups is 1. The maximum absolute atomic E-state index is 11.5. The first kappa shape index (κ1) is 14.3. The highest BCUT2D eigenvalue weighted by Crippen LogP contribution is 2.30. The molecule has 114 valence electrons. The van der Waals surface area contributed by atoms with Crippen LogP contribution in [0.15, 0.2) is 18.3 Å². The van der Waals surface area contributed by atoms with Gasteiger partial charge in [-0.05, 0) is 56.3 Å². The van der Waals surface area contributed by atoms with E-state index in [1.165, 1.54) is 32.4 Å². The number of nitrogens with one attached hydrogen (secondary N) is 2. The van der Waals surface area contributed by atoms with Gasteiger partial charge in [0.1, 0.15) is 5.82 Å². The molecule has 2 aliphatic heterocycles. The minimum Gasteiger partial charge on any atom is -0.357 e. The van der Waals surface area contributed by atoms with E-state index in [1.807, 2.05) is 12.1 Å². The fourth-order valence-electron chi connectivity index (χ4n) is 3.53. The molecule has 0 spiro atoms. The molecule has 3 heterocycles. The van der Waals surface area contributed by atoms with E-state index in [0.717, 1.165) is 30.7 Å². The number of carbonyl (C=O) groups excluding carboxylic acids is 1. The van der Waals surface area contributed by atoms with Gasteiger partial charge in [0.25, 0.3) is 5.91 Å². The third kappa shape index (κ3) is 3.18. The molecule has 0 aromatic carbocycles. The minimum absolute atomic E-state index is 0.0820. The predicted molar refractivity (Wildman–Crippen MR) is 83.5 cm³/mol. The Bertz CT molecular complexity index is 474. The van der Waals surface area contributed by atoms with Gasteiger partial charge in [-0.1, -0.05) is 0 Å². The summed E-state index contributed by atoms with van der Waals surface area (Å²) in [6.07, 6.45) is 5.52. The van der Waals surface area contributed by atoms with Crippen LogP contribution in [0.25, 0.3) is 0 Å². The van der Waals surface area contributed by atoms with Crippen LogP contribution < -0.4 is 15.5 Å². The first-order valence-electron chi connectivity index (χ1n) is 7.91. The summed E-state index contributed by atoms with van der Waals surface area (Å²) in [6, 6.07) is 3.82. The fraction of sp³-hybridized carbons (Fsp3) is 0.625. The van der Waals surface area contributed by atoms with Crippen LogP contribution in [-0.2, 0) is 0 Å². The molecular formula is C16H24N4O. The molecule has 2 saturated heterocycles. The SMILES string of the molecule is CNC(=O)c1ccc(N2CCC(C3CCNC3)CC2)nc1. The van der Waals surface area contributed by atoms with Crippen molar-refractivity contribution in [3.63, 3.8) is 0 Å². The zero-order chi connectivity index (χ0) is 14.7. The molecule has 1 aromatic heterocycles. The lowest BCUT2D eigenvalue weighted by molar-refractivity contribution is 0.0963. The number of nitrogens with zero attached hydrogens (tertiary/aromatic N) is 2. The van der Waals surface area contributed by atoms with Gasteiger partial charge < -0.3 is 15.5 Å². The molecule has 0 aliphatic carbocycles. The molecular weight excluding hydrogens is 264 g/mol. The molecule has 2 N–H and O–H groups in total. The Hall–Kier alpha value is -1.62. The van der Waals surface area contributed by atoms with Gasteiger partial charge in [-0.2, -0.15) is 0 Å². The minimum atomic E-state index is -0.0820. The lowest BCUT2D eigenvalue weighted by Gasteiger charge is -2.35. The highest BCUT2D eigenvalue weighted by molar-refractivity contribution is 5.93. The van der Waals surface area contributed by atoms with Crippen molar-refractivity contribution in [3.05, 3.63) is 23.9 Å². The van der Waals surface area contributed by atoms with Crippen molar-refractivity contribution in [2.24, 2.45) is 11.8 Å². The normalized spacial score (nSPS) is 23.3. The third-order valence-electron chi connectivity index (χ3n) is 4.87. The van der Waals surface area contributed by atoms with Crippen molar-refractivity contribution in [2.45, 2.75) is 19.3 Å². The number of pyridine rings is 1. The van der Waals surface area contributed by atoms with E-state index in [9.17, 15) is 4.79 Å². The van der Waals surface area contributed by atoms with E-state index in [-0.39, 0.29) is 5.91 Å². The van der Waals surface area contributed by atoms with Crippen molar-refractivity contribution < 1.29 is 4.79 Å². The fourth-order valence-corrected chi connectivity index (χ4v) is 3.53. The molecule has 1 atom stereocenters. The summed E-state index contributed by atoms with van der Waals surface area (Å²) in [5.74, 6) is 2.64. The van der Waals surface area contributed by atoms with Gasteiger partial charge in [-0.15, -0.1) is 0 Å². The lowest BCUT2D eigenvalue weighted by Crippen LogP contribution is -2.37. The quantitative estimate of drug-likeness (QED) is 0.879. The van der Waals surface area contributed by atoms with Gasteiger partial charge in [-0.25, -0.2) is 4.98 Å². The van der Waals surface area contributed by atoms with Crippen molar-refractivity contribution in [3.8, 4) is 0 Å². The van der Waals surface area contributed by atoms with Crippen molar-refractivity contribution in [1.29, 1.82) is 0 Å². The molecule has 5 nitrogen and oxygen atoms in total. The molecule has 1 amide bonds. The first-order valence-corrected chi connectivity index (χ1v) is 7.91. The van der Waals surface area contributed by atoms with E-state index in [2.05, 4.69) is 20.5 Å². The number of hydrogen-bond acceptors (Lipinski definition) is 4. The number of amides is 1. The average Bonchev–Trinajstić information content (AvgIpc) is 3.09. The molecule has 21 heavy (non-hydrogen) atoms. The Morgan fingerprint density at radius 2 is 2.10 bits per heavy atom. The number of rotatable bonds is 3. The van der Waals surface area contributed by atoms with Crippen molar-refractivity contribution in [2.75, 3.05) is 38.1 Å². The van der Waals surface area contributed by atoms with Gasteiger partial charge >= 0.3 is 0 Å². The number of piperidine rings is 1.